The third-order valence-electron chi connectivity index (χ3n) is 5.06. The van der Waals surface area contributed by atoms with Gasteiger partial charge in [-0.3, -0.25) is 9.59 Å². The maximum absolute atomic E-state index is 14.7. The summed E-state index contributed by atoms with van der Waals surface area (Å²) in [6, 6.07) is 9.35. The van der Waals surface area contributed by atoms with E-state index >= 15 is 0 Å². The van der Waals surface area contributed by atoms with Crippen LogP contribution in [0.5, 0.6) is 11.5 Å². The Morgan fingerprint density at radius 2 is 2.00 bits per heavy atom. The number of imide groups is 1. The van der Waals surface area contributed by atoms with Crippen LogP contribution in [-0.4, -0.2) is 30.0 Å². The molecule has 0 saturated carbocycles. The highest BCUT2D eigenvalue weighted by Gasteiger charge is 2.38. The van der Waals surface area contributed by atoms with Gasteiger partial charge in [0, 0.05) is 11.6 Å². The highest BCUT2D eigenvalue weighted by atomic mass is 32.1. The molecule has 0 atom stereocenters. The molecular formula is C23H18FNO6S. The average molecular weight is 455 g/mol. The van der Waals surface area contributed by atoms with Gasteiger partial charge in [0.05, 0.1) is 24.8 Å². The van der Waals surface area contributed by atoms with Crippen molar-refractivity contribution in [2.75, 3.05) is 12.0 Å². The molecule has 164 valence electrons. The number of aromatic carboxylic acids is 1. The van der Waals surface area contributed by atoms with Gasteiger partial charge >= 0.3 is 5.97 Å². The SMILES string of the molecule is COc1ccc(C)cc1COc1ccc(F)c(N2C(=O)Cc3csc(C(=O)O)c3C2=O)c1. The number of carboxylic acid groups (broad SMARTS) is 1. The highest BCUT2D eigenvalue weighted by Crippen LogP contribution is 2.34. The van der Waals surface area contributed by atoms with Crippen molar-refractivity contribution in [2.24, 2.45) is 0 Å². The number of fused-ring (bicyclic) bond motifs is 1. The Kier molecular flexibility index (Phi) is 5.67. The molecule has 32 heavy (non-hydrogen) atoms. The smallest absolute Gasteiger partial charge is 0.346 e. The fraction of sp³-hybridized carbons (Fsp3) is 0.174. The number of ether oxygens (including phenoxy) is 2. The molecule has 3 aromatic rings. The molecule has 2 amide bonds. The number of carbonyl (C=O) groups is 3. The van der Waals surface area contributed by atoms with Crippen LogP contribution in [0.1, 0.15) is 36.7 Å². The van der Waals surface area contributed by atoms with Crippen LogP contribution in [0.3, 0.4) is 0 Å². The molecule has 0 saturated heterocycles. The van der Waals surface area contributed by atoms with Crippen molar-refractivity contribution in [3.63, 3.8) is 0 Å². The number of carboxylic acids is 1. The van der Waals surface area contributed by atoms with Gasteiger partial charge in [0.15, 0.2) is 0 Å². The molecule has 9 heteroatoms. The van der Waals surface area contributed by atoms with Gasteiger partial charge in [-0.15, -0.1) is 11.3 Å². The van der Waals surface area contributed by atoms with Crippen molar-refractivity contribution in [1.29, 1.82) is 0 Å². The van der Waals surface area contributed by atoms with Gasteiger partial charge in [-0.1, -0.05) is 11.6 Å². The third-order valence-corrected chi connectivity index (χ3v) is 6.08. The number of hydrogen-bond acceptors (Lipinski definition) is 6. The standard InChI is InChI=1S/C23H18FNO6S/c1-12-3-6-18(30-2)13(7-12)10-31-15-4-5-16(24)17(9-15)25-19(26)8-14-11-32-21(23(28)29)20(14)22(25)27/h3-7,9,11H,8,10H2,1-2H3,(H,28,29). The summed E-state index contributed by atoms with van der Waals surface area (Å²) in [6.45, 7) is 2.05. The van der Waals surface area contributed by atoms with Crippen LogP contribution in [0.15, 0.2) is 41.8 Å². The van der Waals surface area contributed by atoms with E-state index in [1.807, 2.05) is 25.1 Å². The zero-order valence-electron chi connectivity index (χ0n) is 17.2. The third kappa shape index (κ3) is 3.82. The minimum absolute atomic E-state index is 0.0858. The summed E-state index contributed by atoms with van der Waals surface area (Å²) >= 11 is 0.865. The minimum Gasteiger partial charge on any atom is -0.496 e. The molecule has 2 heterocycles. The van der Waals surface area contributed by atoms with E-state index in [0.29, 0.717) is 16.2 Å². The first-order chi connectivity index (χ1) is 15.3. The summed E-state index contributed by atoms with van der Waals surface area (Å²) in [4.78, 5) is 37.6. The van der Waals surface area contributed by atoms with E-state index in [1.54, 1.807) is 7.11 Å². The molecule has 2 aromatic carbocycles. The Morgan fingerprint density at radius 3 is 2.72 bits per heavy atom. The number of halogens is 1. The second-order valence-electron chi connectivity index (χ2n) is 7.20. The van der Waals surface area contributed by atoms with Crippen LogP contribution in [0.25, 0.3) is 0 Å². The molecule has 0 aliphatic carbocycles. The number of carbonyl (C=O) groups excluding carboxylic acids is 2. The maximum Gasteiger partial charge on any atom is 0.346 e. The molecular weight excluding hydrogens is 437 g/mol. The van der Waals surface area contributed by atoms with Crippen LogP contribution in [0.2, 0.25) is 0 Å². The molecule has 0 fully saturated rings. The summed E-state index contributed by atoms with van der Waals surface area (Å²) in [7, 11) is 1.54. The predicted molar refractivity (Wildman–Crippen MR) is 115 cm³/mol. The van der Waals surface area contributed by atoms with Crippen molar-refractivity contribution >= 4 is 34.8 Å². The first kappa shape index (κ1) is 21.5. The van der Waals surface area contributed by atoms with Gasteiger partial charge in [-0.25, -0.2) is 14.1 Å². The van der Waals surface area contributed by atoms with Crippen LogP contribution in [0, 0.1) is 12.7 Å². The second kappa shape index (κ2) is 8.43. The quantitative estimate of drug-likeness (QED) is 0.560. The molecule has 4 rings (SSSR count). The number of amides is 2. The van der Waals surface area contributed by atoms with E-state index in [1.165, 1.54) is 17.5 Å². The summed E-state index contributed by atoms with van der Waals surface area (Å²) < 4.78 is 25.8. The zero-order valence-corrected chi connectivity index (χ0v) is 18.0. The van der Waals surface area contributed by atoms with Crippen LogP contribution >= 0.6 is 11.3 Å². The molecule has 1 aromatic heterocycles. The Morgan fingerprint density at radius 1 is 1.22 bits per heavy atom. The minimum atomic E-state index is -1.27. The Labute approximate surface area is 186 Å². The number of methoxy groups -OCH3 is 1. The van der Waals surface area contributed by atoms with Gasteiger partial charge < -0.3 is 14.6 Å². The highest BCUT2D eigenvalue weighted by molar-refractivity contribution is 7.12. The van der Waals surface area contributed by atoms with Crippen molar-refractivity contribution in [3.05, 3.63) is 74.7 Å². The second-order valence-corrected chi connectivity index (χ2v) is 8.08. The van der Waals surface area contributed by atoms with E-state index in [9.17, 15) is 23.9 Å². The van der Waals surface area contributed by atoms with Crippen LogP contribution in [-0.2, 0) is 17.8 Å². The number of benzene rings is 2. The van der Waals surface area contributed by atoms with E-state index < -0.39 is 23.6 Å². The summed E-state index contributed by atoms with van der Waals surface area (Å²) in [5.41, 5.74) is 1.74. The number of rotatable bonds is 6. The fourth-order valence-electron chi connectivity index (χ4n) is 3.56. The molecule has 0 unspecified atom stereocenters. The molecule has 0 spiro atoms. The van der Waals surface area contributed by atoms with Crippen molar-refractivity contribution in [2.45, 2.75) is 20.0 Å². The van der Waals surface area contributed by atoms with Gasteiger partial charge in [0.2, 0.25) is 5.91 Å². The maximum atomic E-state index is 14.7. The lowest BCUT2D eigenvalue weighted by atomic mass is 10.0. The number of nitrogens with zero attached hydrogens (tertiary/aromatic N) is 1. The average Bonchev–Trinajstić information content (AvgIpc) is 3.18. The fourth-order valence-corrected chi connectivity index (χ4v) is 4.46. The predicted octanol–water partition coefficient (Wildman–Crippen LogP) is 4.21. The van der Waals surface area contributed by atoms with Gasteiger partial charge in [-0.2, -0.15) is 0 Å². The van der Waals surface area contributed by atoms with Crippen molar-refractivity contribution in [3.8, 4) is 11.5 Å². The Balaban J connectivity index is 1.65. The summed E-state index contributed by atoms with van der Waals surface area (Å²) in [5, 5.41) is 10.8. The lowest BCUT2D eigenvalue weighted by Gasteiger charge is -2.26. The summed E-state index contributed by atoms with van der Waals surface area (Å²) in [5.74, 6) is -2.73. The van der Waals surface area contributed by atoms with E-state index in [2.05, 4.69) is 0 Å². The zero-order chi connectivity index (χ0) is 23.0. The normalized spacial score (nSPS) is 13.2. The molecule has 1 aliphatic heterocycles. The van der Waals surface area contributed by atoms with E-state index in [0.717, 1.165) is 28.5 Å². The molecule has 0 radical (unpaired) electrons. The Bertz CT molecular complexity index is 1250. The molecule has 0 bridgehead atoms. The lowest BCUT2D eigenvalue weighted by Crippen LogP contribution is -2.43. The number of hydrogen-bond donors (Lipinski definition) is 1. The van der Waals surface area contributed by atoms with Crippen molar-refractivity contribution in [1.82, 2.24) is 0 Å². The Hall–Kier alpha value is -3.72. The summed E-state index contributed by atoms with van der Waals surface area (Å²) in [6.07, 6.45) is -0.199. The van der Waals surface area contributed by atoms with Crippen molar-refractivity contribution < 1.29 is 33.4 Å². The van der Waals surface area contributed by atoms with E-state index in [4.69, 9.17) is 9.47 Å². The van der Waals surface area contributed by atoms with E-state index in [-0.39, 0.29) is 34.9 Å². The monoisotopic (exact) mass is 455 g/mol. The molecule has 1 aliphatic rings. The van der Waals surface area contributed by atoms with Gasteiger partial charge in [-0.05, 0) is 42.1 Å². The first-order valence-electron chi connectivity index (χ1n) is 9.57. The molecule has 1 N–H and O–H groups in total. The largest absolute Gasteiger partial charge is 0.496 e. The van der Waals surface area contributed by atoms with Crippen LogP contribution < -0.4 is 14.4 Å². The topological polar surface area (TPSA) is 93.1 Å². The van der Waals surface area contributed by atoms with Gasteiger partial charge in [0.1, 0.15) is 28.8 Å². The lowest BCUT2D eigenvalue weighted by molar-refractivity contribution is -0.117. The van der Waals surface area contributed by atoms with Crippen LogP contribution in [0.4, 0.5) is 10.1 Å². The number of anilines is 1. The van der Waals surface area contributed by atoms with Gasteiger partial charge in [0.25, 0.3) is 5.91 Å². The number of thiophene rings is 1. The number of aryl methyl sites for hydroxylation is 1. The first-order valence-corrected chi connectivity index (χ1v) is 10.4. The molecule has 7 nitrogen and oxygen atoms in total.